The predicted molar refractivity (Wildman–Crippen MR) is 83.7 cm³/mol. The standard InChI is InChI=1S/C15H28N4O3/c1-12(18-7-9-22-10-8-18)11-16-15(21)17-13(2)14(20)19-5-3-4-6-19/h12-13H,3-11H2,1-2H3,(H2,16,17,21)/t12-,13+/m0/s1. The summed E-state index contributed by atoms with van der Waals surface area (Å²) in [5.74, 6) is 0.00822. The van der Waals surface area contributed by atoms with Crippen molar-refractivity contribution in [2.24, 2.45) is 0 Å². The average molecular weight is 312 g/mol. The van der Waals surface area contributed by atoms with Crippen molar-refractivity contribution in [3.05, 3.63) is 0 Å². The molecule has 2 rings (SSSR count). The number of hydrogen-bond donors (Lipinski definition) is 2. The van der Waals surface area contributed by atoms with E-state index >= 15 is 0 Å². The summed E-state index contributed by atoms with van der Waals surface area (Å²) in [4.78, 5) is 28.2. The second-order valence-electron chi connectivity index (χ2n) is 6.11. The number of morpholine rings is 1. The van der Waals surface area contributed by atoms with E-state index in [2.05, 4.69) is 22.5 Å². The quantitative estimate of drug-likeness (QED) is 0.750. The summed E-state index contributed by atoms with van der Waals surface area (Å²) in [7, 11) is 0. The van der Waals surface area contributed by atoms with E-state index in [1.807, 2.05) is 4.90 Å². The maximum Gasteiger partial charge on any atom is 0.315 e. The van der Waals surface area contributed by atoms with Gasteiger partial charge < -0.3 is 20.3 Å². The maximum absolute atomic E-state index is 12.1. The molecule has 2 aliphatic heterocycles. The Kier molecular flexibility index (Phi) is 6.45. The van der Waals surface area contributed by atoms with Crippen molar-refractivity contribution in [2.75, 3.05) is 45.9 Å². The molecule has 126 valence electrons. The predicted octanol–water partition coefficient (Wildman–Crippen LogP) is 0.0172. The summed E-state index contributed by atoms with van der Waals surface area (Å²) in [5, 5.41) is 5.58. The normalized spacial score (nSPS) is 22.2. The van der Waals surface area contributed by atoms with Crippen molar-refractivity contribution in [3.63, 3.8) is 0 Å². The van der Waals surface area contributed by atoms with Crippen LogP contribution in [0.4, 0.5) is 4.79 Å². The molecule has 2 aliphatic rings. The zero-order valence-electron chi connectivity index (χ0n) is 13.6. The molecule has 0 spiro atoms. The molecule has 2 fully saturated rings. The van der Waals surface area contributed by atoms with Crippen LogP contribution in [0.1, 0.15) is 26.7 Å². The third-order valence-corrected chi connectivity index (χ3v) is 4.36. The van der Waals surface area contributed by atoms with Gasteiger partial charge in [-0.1, -0.05) is 0 Å². The largest absolute Gasteiger partial charge is 0.379 e. The minimum atomic E-state index is -0.475. The third-order valence-electron chi connectivity index (χ3n) is 4.36. The van der Waals surface area contributed by atoms with Crippen LogP contribution in [0.3, 0.4) is 0 Å². The molecular weight excluding hydrogens is 284 g/mol. The molecule has 2 heterocycles. The van der Waals surface area contributed by atoms with Crippen LogP contribution in [0, 0.1) is 0 Å². The number of ether oxygens (including phenoxy) is 1. The number of hydrogen-bond acceptors (Lipinski definition) is 4. The molecule has 0 unspecified atom stereocenters. The van der Waals surface area contributed by atoms with Gasteiger partial charge in [-0.3, -0.25) is 9.69 Å². The minimum Gasteiger partial charge on any atom is -0.379 e. The Bertz CT molecular complexity index is 379. The van der Waals surface area contributed by atoms with Crippen LogP contribution in [0.5, 0.6) is 0 Å². The van der Waals surface area contributed by atoms with Gasteiger partial charge in [-0.25, -0.2) is 4.79 Å². The van der Waals surface area contributed by atoms with Gasteiger partial charge in [0.1, 0.15) is 6.04 Å². The van der Waals surface area contributed by atoms with E-state index in [-0.39, 0.29) is 18.0 Å². The highest BCUT2D eigenvalue weighted by Crippen LogP contribution is 2.09. The Morgan fingerprint density at radius 2 is 1.73 bits per heavy atom. The number of urea groups is 1. The van der Waals surface area contributed by atoms with Crippen molar-refractivity contribution >= 4 is 11.9 Å². The molecule has 0 saturated carbocycles. The van der Waals surface area contributed by atoms with Crippen molar-refractivity contribution < 1.29 is 14.3 Å². The first-order valence-electron chi connectivity index (χ1n) is 8.23. The summed E-state index contributed by atoms with van der Waals surface area (Å²) in [6, 6.07) is -0.490. The van der Waals surface area contributed by atoms with E-state index in [1.54, 1.807) is 6.92 Å². The van der Waals surface area contributed by atoms with Crippen LogP contribution in [0.25, 0.3) is 0 Å². The number of carbonyl (C=O) groups excluding carboxylic acids is 2. The molecule has 0 aliphatic carbocycles. The molecule has 22 heavy (non-hydrogen) atoms. The fourth-order valence-electron chi connectivity index (χ4n) is 2.91. The molecular formula is C15H28N4O3. The summed E-state index contributed by atoms with van der Waals surface area (Å²) in [6.45, 7) is 9.30. The van der Waals surface area contributed by atoms with Crippen LogP contribution >= 0.6 is 0 Å². The number of likely N-dealkylation sites (tertiary alicyclic amines) is 1. The summed E-state index contributed by atoms with van der Waals surface area (Å²) < 4.78 is 5.32. The van der Waals surface area contributed by atoms with Crippen LogP contribution in [-0.4, -0.2) is 79.8 Å². The van der Waals surface area contributed by atoms with Crippen LogP contribution in [0.2, 0.25) is 0 Å². The lowest BCUT2D eigenvalue weighted by atomic mass is 10.2. The highest BCUT2D eigenvalue weighted by atomic mass is 16.5. The smallest absolute Gasteiger partial charge is 0.315 e. The van der Waals surface area contributed by atoms with Gasteiger partial charge in [-0.2, -0.15) is 0 Å². The first-order valence-corrected chi connectivity index (χ1v) is 8.23. The number of rotatable bonds is 5. The summed E-state index contributed by atoms with van der Waals surface area (Å²) in [5.41, 5.74) is 0. The zero-order chi connectivity index (χ0) is 15.9. The average Bonchev–Trinajstić information content (AvgIpc) is 3.07. The first-order chi connectivity index (χ1) is 10.6. The molecule has 7 nitrogen and oxygen atoms in total. The van der Waals surface area contributed by atoms with Crippen molar-refractivity contribution in [2.45, 2.75) is 38.8 Å². The topological polar surface area (TPSA) is 73.9 Å². The summed E-state index contributed by atoms with van der Waals surface area (Å²) in [6.07, 6.45) is 2.11. The lowest BCUT2D eigenvalue weighted by Gasteiger charge is -2.32. The lowest BCUT2D eigenvalue weighted by Crippen LogP contribution is -2.52. The highest BCUT2D eigenvalue weighted by Gasteiger charge is 2.24. The van der Waals surface area contributed by atoms with Gasteiger partial charge in [-0.05, 0) is 26.7 Å². The maximum atomic E-state index is 12.1. The molecule has 0 aromatic carbocycles. The Hall–Kier alpha value is -1.34. The van der Waals surface area contributed by atoms with E-state index in [9.17, 15) is 9.59 Å². The molecule has 0 bridgehead atoms. The lowest BCUT2D eigenvalue weighted by molar-refractivity contribution is -0.131. The van der Waals surface area contributed by atoms with Gasteiger partial charge >= 0.3 is 6.03 Å². The Morgan fingerprint density at radius 1 is 1.09 bits per heavy atom. The molecule has 2 atom stereocenters. The SMILES string of the molecule is C[C@@H](NC(=O)NC[C@H](C)N1CCOCC1)C(=O)N1CCCC1. The van der Waals surface area contributed by atoms with Crippen LogP contribution in [0.15, 0.2) is 0 Å². The Balaban J connectivity index is 1.67. The van der Waals surface area contributed by atoms with Crippen LogP contribution in [-0.2, 0) is 9.53 Å². The Labute approximate surface area is 132 Å². The van der Waals surface area contributed by atoms with E-state index in [0.29, 0.717) is 6.54 Å². The van der Waals surface area contributed by atoms with Gasteiger partial charge in [0.05, 0.1) is 13.2 Å². The number of nitrogens with zero attached hydrogens (tertiary/aromatic N) is 2. The number of carbonyl (C=O) groups is 2. The number of amides is 3. The first kappa shape index (κ1) is 17.0. The van der Waals surface area contributed by atoms with Gasteiger partial charge in [0.15, 0.2) is 0 Å². The Morgan fingerprint density at radius 3 is 2.36 bits per heavy atom. The summed E-state index contributed by atoms with van der Waals surface area (Å²) >= 11 is 0. The molecule has 2 N–H and O–H groups in total. The van der Waals surface area contributed by atoms with Gasteiger partial charge in [0.25, 0.3) is 0 Å². The van der Waals surface area contributed by atoms with E-state index in [1.165, 1.54) is 0 Å². The van der Waals surface area contributed by atoms with Crippen LogP contribution < -0.4 is 10.6 Å². The van der Waals surface area contributed by atoms with Gasteiger partial charge in [0, 0.05) is 38.8 Å². The van der Waals surface area contributed by atoms with Crippen molar-refractivity contribution in [1.82, 2.24) is 20.4 Å². The van der Waals surface area contributed by atoms with E-state index in [4.69, 9.17) is 4.74 Å². The van der Waals surface area contributed by atoms with Gasteiger partial charge in [0.2, 0.25) is 5.91 Å². The monoisotopic (exact) mass is 312 g/mol. The molecule has 0 radical (unpaired) electrons. The van der Waals surface area contributed by atoms with E-state index < -0.39 is 6.04 Å². The molecule has 3 amide bonds. The molecule has 7 heteroatoms. The fourth-order valence-corrected chi connectivity index (χ4v) is 2.91. The van der Waals surface area contributed by atoms with Gasteiger partial charge in [-0.15, -0.1) is 0 Å². The van der Waals surface area contributed by atoms with Crippen molar-refractivity contribution in [3.8, 4) is 0 Å². The van der Waals surface area contributed by atoms with E-state index in [0.717, 1.165) is 52.2 Å². The zero-order valence-corrected chi connectivity index (χ0v) is 13.6. The molecule has 2 saturated heterocycles. The third kappa shape index (κ3) is 4.84. The highest BCUT2D eigenvalue weighted by molar-refractivity contribution is 5.86. The minimum absolute atomic E-state index is 0.00822. The van der Waals surface area contributed by atoms with Crippen molar-refractivity contribution in [1.29, 1.82) is 0 Å². The number of nitrogens with one attached hydrogen (secondary N) is 2. The fraction of sp³-hybridized carbons (Fsp3) is 0.867. The second-order valence-corrected chi connectivity index (χ2v) is 6.11. The molecule has 0 aromatic rings. The molecule has 0 aromatic heterocycles. The second kappa shape index (κ2) is 8.33.